The highest BCUT2D eigenvalue weighted by Gasteiger charge is 2.11. The molecule has 162 valence electrons. The molecule has 0 saturated carbocycles. The molecule has 0 unspecified atom stereocenters. The first kappa shape index (κ1) is 21.4. The molecule has 1 aromatic heterocycles. The Morgan fingerprint density at radius 2 is 1.87 bits per heavy atom. The number of rotatable bonds is 8. The zero-order valence-corrected chi connectivity index (χ0v) is 17.8. The Bertz CT molecular complexity index is 1060. The molecular weight excluding hydrogens is 416 g/mol. The van der Waals surface area contributed by atoms with E-state index in [4.69, 9.17) is 4.74 Å². The molecule has 1 N–H and O–H groups in total. The van der Waals surface area contributed by atoms with Crippen molar-refractivity contribution in [1.29, 1.82) is 0 Å². The van der Waals surface area contributed by atoms with Crippen LogP contribution in [0.2, 0.25) is 0 Å². The Kier molecular flexibility index (Phi) is 6.86. The number of anilines is 1. The van der Waals surface area contributed by atoms with Crippen LogP contribution in [0, 0.1) is 10.1 Å². The predicted molar refractivity (Wildman–Crippen MR) is 122 cm³/mol. The Balaban J connectivity index is 1.31. The number of thioether (sulfide) groups is 1. The SMILES string of the molecule is O=C(CSc1ccc([N+](=O)[O-])cc1)Nc1ccc2c(ccn2CCN2CCOCC2)c1. The van der Waals surface area contributed by atoms with E-state index >= 15 is 0 Å². The second kappa shape index (κ2) is 9.95. The zero-order valence-electron chi connectivity index (χ0n) is 17.0. The highest BCUT2D eigenvalue weighted by molar-refractivity contribution is 8.00. The summed E-state index contributed by atoms with van der Waals surface area (Å²) in [6, 6.07) is 14.2. The lowest BCUT2D eigenvalue weighted by molar-refractivity contribution is -0.384. The molecule has 1 amide bonds. The molecule has 9 heteroatoms. The van der Waals surface area contributed by atoms with Crippen molar-refractivity contribution in [1.82, 2.24) is 9.47 Å². The number of ether oxygens (including phenoxy) is 1. The van der Waals surface area contributed by atoms with Gasteiger partial charge in [-0.25, -0.2) is 0 Å². The Morgan fingerprint density at radius 3 is 2.61 bits per heavy atom. The highest BCUT2D eigenvalue weighted by atomic mass is 32.2. The molecule has 0 spiro atoms. The zero-order chi connectivity index (χ0) is 21.6. The Hall–Kier alpha value is -2.88. The third kappa shape index (κ3) is 5.63. The lowest BCUT2D eigenvalue weighted by Crippen LogP contribution is -2.38. The number of non-ortho nitro benzene ring substituents is 1. The molecule has 1 aliphatic rings. The van der Waals surface area contributed by atoms with E-state index < -0.39 is 4.92 Å². The summed E-state index contributed by atoms with van der Waals surface area (Å²) in [7, 11) is 0. The van der Waals surface area contributed by atoms with E-state index in [1.54, 1.807) is 12.1 Å². The third-order valence-corrected chi connectivity index (χ3v) is 6.25. The largest absolute Gasteiger partial charge is 0.379 e. The van der Waals surface area contributed by atoms with E-state index in [-0.39, 0.29) is 17.3 Å². The van der Waals surface area contributed by atoms with Crippen molar-refractivity contribution in [2.75, 3.05) is 43.9 Å². The van der Waals surface area contributed by atoms with Crippen LogP contribution < -0.4 is 5.32 Å². The van der Waals surface area contributed by atoms with Gasteiger partial charge in [-0.1, -0.05) is 0 Å². The molecule has 1 fully saturated rings. The van der Waals surface area contributed by atoms with Crippen molar-refractivity contribution in [3.63, 3.8) is 0 Å². The summed E-state index contributed by atoms with van der Waals surface area (Å²) in [6.45, 7) is 5.48. The topological polar surface area (TPSA) is 89.6 Å². The minimum Gasteiger partial charge on any atom is -0.379 e. The van der Waals surface area contributed by atoms with Crippen molar-refractivity contribution in [2.24, 2.45) is 0 Å². The van der Waals surface area contributed by atoms with Crippen molar-refractivity contribution in [3.05, 3.63) is 64.8 Å². The van der Waals surface area contributed by atoms with Gasteiger partial charge in [0.05, 0.1) is 23.9 Å². The van der Waals surface area contributed by atoms with Crippen molar-refractivity contribution in [3.8, 4) is 0 Å². The molecule has 0 radical (unpaired) electrons. The molecule has 3 aromatic rings. The summed E-state index contributed by atoms with van der Waals surface area (Å²) in [5.74, 6) is 0.116. The van der Waals surface area contributed by atoms with Crippen molar-refractivity contribution < 1.29 is 14.5 Å². The van der Waals surface area contributed by atoms with Gasteiger partial charge in [-0.15, -0.1) is 11.8 Å². The summed E-state index contributed by atoms with van der Waals surface area (Å²) >= 11 is 1.34. The number of nitrogens with zero attached hydrogens (tertiary/aromatic N) is 3. The van der Waals surface area contributed by atoms with Crippen LogP contribution in [0.5, 0.6) is 0 Å². The molecule has 4 rings (SSSR count). The fourth-order valence-electron chi connectivity index (χ4n) is 3.56. The van der Waals surface area contributed by atoms with Crippen LogP contribution in [-0.2, 0) is 16.1 Å². The second-order valence-electron chi connectivity index (χ2n) is 7.32. The van der Waals surface area contributed by atoms with E-state index in [9.17, 15) is 14.9 Å². The van der Waals surface area contributed by atoms with Crippen LogP contribution >= 0.6 is 11.8 Å². The van der Waals surface area contributed by atoms with Gasteiger partial charge >= 0.3 is 0 Å². The molecule has 1 aliphatic heterocycles. The average molecular weight is 441 g/mol. The number of morpholine rings is 1. The number of fused-ring (bicyclic) bond motifs is 1. The van der Waals surface area contributed by atoms with E-state index in [0.29, 0.717) is 0 Å². The van der Waals surface area contributed by atoms with Gasteiger partial charge in [0.2, 0.25) is 5.91 Å². The summed E-state index contributed by atoms with van der Waals surface area (Å²) in [5.41, 5.74) is 1.94. The molecular formula is C22H24N4O4S. The maximum atomic E-state index is 12.3. The van der Waals surface area contributed by atoms with E-state index in [1.165, 1.54) is 23.9 Å². The van der Waals surface area contributed by atoms with Crippen LogP contribution in [-0.4, -0.2) is 58.9 Å². The second-order valence-corrected chi connectivity index (χ2v) is 8.37. The van der Waals surface area contributed by atoms with Gasteiger partial charge in [0.1, 0.15) is 0 Å². The maximum absolute atomic E-state index is 12.3. The number of hydrogen-bond acceptors (Lipinski definition) is 6. The molecule has 8 nitrogen and oxygen atoms in total. The molecule has 2 heterocycles. The Labute approximate surface area is 184 Å². The monoisotopic (exact) mass is 440 g/mol. The highest BCUT2D eigenvalue weighted by Crippen LogP contribution is 2.23. The van der Waals surface area contributed by atoms with Gasteiger partial charge in [-0.2, -0.15) is 0 Å². The maximum Gasteiger partial charge on any atom is 0.269 e. The number of amides is 1. The molecule has 31 heavy (non-hydrogen) atoms. The number of aromatic nitrogens is 1. The minimum absolute atomic E-state index is 0.0407. The molecule has 0 aliphatic carbocycles. The Morgan fingerprint density at radius 1 is 1.10 bits per heavy atom. The van der Waals surface area contributed by atoms with Gasteiger partial charge in [0, 0.05) is 66.0 Å². The summed E-state index contributed by atoms with van der Waals surface area (Å²) in [6.07, 6.45) is 2.08. The molecule has 1 saturated heterocycles. The number of carbonyl (C=O) groups excluding carboxylic acids is 1. The minimum atomic E-state index is -0.437. The first-order chi connectivity index (χ1) is 15.1. The van der Waals surface area contributed by atoms with Gasteiger partial charge in [-0.05, 0) is 36.4 Å². The van der Waals surface area contributed by atoms with Crippen LogP contribution in [0.25, 0.3) is 10.9 Å². The van der Waals surface area contributed by atoms with Crippen LogP contribution in [0.15, 0.2) is 59.6 Å². The lowest BCUT2D eigenvalue weighted by atomic mass is 10.2. The van der Waals surface area contributed by atoms with Crippen LogP contribution in [0.4, 0.5) is 11.4 Å². The number of benzene rings is 2. The fourth-order valence-corrected chi connectivity index (χ4v) is 4.26. The van der Waals surface area contributed by atoms with E-state index in [2.05, 4.69) is 27.0 Å². The normalized spacial score (nSPS) is 14.6. The smallest absolute Gasteiger partial charge is 0.269 e. The summed E-state index contributed by atoms with van der Waals surface area (Å²) < 4.78 is 7.64. The number of hydrogen-bond donors (Lipinski definition) is 1. The number of carbonyl (C=O) groups is 1. The third-order valence-electron chi connectivity index (χ3n) is 5.23. The number of nitrogens with one attached hydrogen (secondary N) is 1. The van der Waals surface area contributed by atoms with Gasteiger partial charge < -0.3 is 14.6 Å². The van der Waals surface area contributed by atoms with E-state index in [0.717, 1.165) is 60.9 Å². The molecule has 2 aromatic carbocycles. The van der Waals surface area contributed by atoms with Crippen molar-refractivity contribution in [2.45, 2.75) is 11.4 Å². The average Bonchev–Trinajstić information content (AvgIpc) is 3.19. The first-order valence-electron chi connectivity index (χ1n) is 10.1. The standard InChI is InChI=1S/C22H24N4O4S/c27-22(16-31-20-4-2-19(3-5-20)26(28)29)23-18-1-6-21-17(15-18)7-8-25(21)10-9-24-11-13-30-14-12-24/h1-8,15H,9-14,16H2,(H,23,27). The molecule has 0 bridgehead atoms. The van der Waals surface area contributed by atoms with Gasteiger partial charge in [0.15, 0.2) is 0 Å². The predicted octanol–water partition coefficient (Wildman–Crippen LogP) is 3.61. The summed E-state index contributed by atoms with van der Waals surface area (Å²) in [5, 5.41) is 14.7. The summed E-state index contributed by atoms with van der Waals surface area (Å²) in [4.78, 5) is 25.8. The van der Waals surface area contributed by atoms with E-state index in [1.807, 2.05) is 18.2 Å². The fraction of sp³-hybridized carbons (Fsp3) is 0.318. The van der Waals surface area contributed by atoms with Gasteiger partial charge in [-0.3, -0.25) is 19.8 Å². The number of nitro benzene ring substituents is 1. The van der Waals surface area contributed by atoms with Crippen LogP contribution in [0.3, 0.4) is 0 Å². The first-order valence-corrected chi connectivity index (χ1v) is 11.1. The number of nitro groups is 1. The quantitative estimate of drug-likeness (QED) is 0.327. The molecule has 0 atom stereocenters. The van der Waals surface area contributed by atoms with Gasteiger partial charge in [0.25, 0.3) is 5.69 Å². The lowest BCUT2D eigenvalue weighted by Gasteiger charge is -2.26. The van der Waals surface area contributed by atoms with Crippen LogP contribution in [0.1, 0.15) is 0 Å². The van der Waals surface area contributed by atoms with Crippen molar-refractivity contribution >= 4 is 39.9 Å².